The highest BCUT2D eigenvalue weighted by molar-refractivity contribution is 6.30. The Balaban J connectivity index is 2.42. The van der Waals surface area contributed by atoms with Gasteiger partial charge in [0, 0.05) is 16.5 Å². The van der Waals surface area contributed by atoms with Gasteiger partial charge in [-0.05, 0) is 36.2 Å². The first-order chi connectivity index (χ1) is 9.79. The van der Waals surface area contributed by atoms with Gasteiger partial charge in [-0.25, -0.2) is 4.98 Å². The predicted octanol–water partition coefficient (Wildman–Crippen LogP) is 4.63. The third-order valence-corrected chi connectivity index (χ3v) is 3.41. The highest BCUT2D eigenvalue weighted by atomic mass is 35.5. The van der Waals surface area contributed by atoms with Crippen molar-refractivity contribution in [3.8, 4) is 11.6 Å². The Kier molecular flexibility index (Phi) is 4.55. The third kappa shape index (κ3) is 3.96. The van der Waals surface area contributed by atoms with E-state index in [9.17, 15) is 5.11 Å². The summed E-state index contributed by atoms with van der Waals surface area (Å²) in [5.74, 6) is 1.14. The largest absolute Gasteiger partial charge is 0.439 e. The zero-order chi connectivity index (χ0) is 15.6. The average Bonchev–Trinajstić information content (AvgIpc) is 2.41. The zero-order valence-electron chi connectivity index (χ0n) is 12.8. The molecule has 0 aliphatic rings. The Morgan fingerprint density at radius 1 is 1.19 bits per heavy atom. The SMILES string of the molecule is Cc1ccc(Cl)cc1Oc1cc(CO)cc(C(C)(C)C)n1. The van der Waals surface area contributed by atoms with Crippen LogP contribution in [0.2, 0.25) is 5.02 Å². The molecule has 1 N–H and O–H groups in total. The highest BCUT2D eigenvalue weighted by Crippen LogP contribution is 2.30. The molecule has 112 valence electrons. The number of halogens is 1. The number of pyridine rings is 1. The molecule has 1 heterocycles. The molecule has 0 atom stereocenters. The van der Waals surface area contributed by atoms with Crippen LogP contribution >= 0.6 is 11.6 Å². The smallest absolute Gasteiger partial charge is 0.219 e. The minimum Gasteiger partial charge on any atom is -0.439 e. The van der Waals surface area contributed by atoms with Gasteiger partial charge in [0.25, 0.3) is 0 Å². The van der Waals surface area contributed by atoms with Crippen molar-refractivity contribution in [3.05, 3.63) is 52.2 Å². The van der Waals surface area contributed by atoms with Gasteiger partial charge in [0.2, 0.25) is 5.88 Å². The van der Waals surface area contributed by atoms with E-state index >= 15 is 0 Å². The van der Waals surface area contributed by atoms with Crippen molar-refractivity contribution in [2.45, 2.75) is 39.7 Å². The van der Waals surface area contributed by atoms with Crippen LogP contribution in [-0.4, -0.2) is 10.1 Å². The predicted molar refractivity (Wildman–Crippen MR) is 85.1 cm³/mol. The topological polar surface area (TPSA) is 42.4 Å². The second-order valence-electron chi connectivity index (χ2n) is 6.12. The van der Waals surface area contributed by atoms with Crippen LogP contribution in [0.3, 0.4) is 0 Å². The monoisotopic (exact) mass is 305 g/mol. The molecule has 0 aliphatic carbocycles. The van der Waals surface area contributed by atoms with E-state index in [0.717, 1.165) is 16.8 Å². The molecule has 0 aliphatic heterocycles. The molecule has 0 amide bonds. The van der Waals surface area contributed by atoms with Crippen molar-refractivity contribution in [3.63, 3.8) is 0 Å². The lowest BCUT2D eigenvalue weighted by atomic mass is 9.91. The van der Waals surface area contributed by atoms with Crippen LogP contribution in [0.1, 0.15) is 37.6 Å². The molecule has 1 aromatic heterocycles. The van der Waals surface area contributed by atoms with E-state index in [1.54, 1.807) is 12.1 Å². The molecule has 1 aromatic carbocycles. The van der Waals surface area contributed by atoms with Gasteiger partial charge in [0.15, 0.2) is 0 Å². The van der Waals surface area contributed by atoms with Gasteiger partial charge in [0.1, 0.15) is 5.75 Å². The van der Waals surface area contributed by atoms with Crippen molar-refractivity contribution in [2.24, 2.45) is 0 Å². The Labute approximate surface area is 130 Å². The van der Waals surface area contributed by atoms with Crippen LogP contribution < -0.4 is 4.74 Å². The first-order valence-electron chi connectivity index (χ1n) is 6.86. The summed E-state index contributed by atoms with van der Waals surface area (Å²) in [6.45, 7) is 8.13. The van der Waals surface area contributed by atoms with Gasteiger partial charge in [-0.1, -0.05) is 38.4 Å². The molecular formula is C17H20ClNO2. The fourth-order valence-corrected chi connectivity index (χ4v) is 2.05. The van der Waals surface area contributed by atoms with Crippen molar-refractivity contribution < 1.29 is 9.84 Å². The van der Waals surface area contributed by atoms with Crippen LogP contribution in [0.5, 0.6) is 11.6 Å². The zero-order valence-corrected chi connectivity index (χ0v) is 13.5. The fraction of sp³-hybridized carbons (Fsp3) is 0.353. The number of ether oxygens (including phenoxy) is 1. The standard InChI is InChI=1S/C17H20ClNO2/c1-11-5-6-13(18)9-14(11)21-16-8-12(10-20)7-15(19-16)17(2,3)4/h5-9,20H,10H2,1-4H3. The molecule has 21 heavy (non-hydrogen) atoms. The number of aliphatic hydroxyl groups excluding tert-OH is 1. The summed E-state index contributed by atoms with van der Waals surface area (Å²) < 4.78 is 5.86. The molecule has 0 saturated carbocycles. The minimum absolute atomic E-state index is 0.0452. The lowest BCUT2D eigenvalue weighted by molar-refractivity contribution is 0.280. The average molecular weight is 306 g/mol. The summed E-state index contributed by atoms with van der Waals surface area (Å²) in [6.07, 6.45) is 0. The van der Waals surface area contributed by atoms with Crippen molar-refractivity contribution >= 4 is 11.6 Å². The maximum Gasteiger partial charge on any atom is 0.219 e. The molecule has 0 radical (unpaired) electrons. The van der Waals surface area contributed by atoms with Crippen molar-refractivity contribution in [1.29, 1.82) is 0 Å². The summed E-state index contributed by atoms with van der Waals surface area (Å²) in [5, 5.41) is 10.0. The normalized spacial score (nSPS) is 11.5. The first kappa shape index (κ1) is 15.8. The van der Waals surface area contributed by atoms with E-state index < -0.39 is 0 Å². The Morgan fingerprint density at radius 3 is 2.52 bits per heavy atom. The van der Waals surface area contributed by atoms with E-state index in [-0.39, 0.29) is 12.0 Å². The van der Waals surface area contributed by atoms with Crippen LogP contribution in [0.25, 0.3) is 0 Å². The van der Waals surface area contributed by atoms with Crippen molar-refractivity contribution in [2.75, 3.05) is 0 Å². The molecule has 0 unspecified atom stereocenters. The second kappa shape index (κ2) is 6.04. The number of hydrogen-bond donors (Lipinski definition) is 1. The molecule has 0 fully saturated rings. The van der Waals surface area contributed by atoms with E-state index in [1.807, 2.05) is 25.1 Å². The number of nitrogens with zero attached hydrogens (tertiary/aromatic N) is 1. The van der Waals surface area contributed by atoms with Gasteiger partial charge >= 0.3 is 0 Å². The Hall–Kier alpha value is -1.58. The van der Waals surface area contributed by atoms with Crippen LogP contribution in [0, 0.1) is 6.92 Å². The number of aliphatic hydroxyl groups is 1. The summed E-state index contributed by atoms with van der Waals surface area (Å²) in [5.41, 5.74) is 2.52. The fourth-order valence-electron chi connectivity index (χ4n) is 1.88. The van der Waals surface area contributed by atoms with E-state index in [0.29, 0.717) is 16.7 Å². The summed E-state index contributed by atoms with van der Waals surface area (Å²) in [4.78, 5) is 4.54. The van der Waals surface area contributed by atoms with Gasteiger partial charge in [-0.3, -0.25) is 0 Å². The number of benzene rings is 1. The summed E-state index contributed by atoms with van der Waals surface area (Å²) in [7, 11) is 0. The summed E-state index contributed by atoms with van der Waals surface area (Å²) in [6, 6.07) is 9.13. The van der Waals surface area contributed by atoms with Crippen LogP contribution in [-0.2, 0) is 12.0 Å². The van der Waals surface area contributed by atoms with Gasteiger partial charge in [-0.15, -0.1) is 0 Å². The lowest BCUT2D eigenvalue weighted by Gasteiger charge is -2.20. The second-order valence-corrected chi connectivity index (χ2v) is 6.56. The molecule has 0 spiro atoms. The molecule has 4 heteroatoms. The molecule has 0 bridgehead atoms. The van der Waals surface area contributed by atoms with Crippen LogP contribution in [0.15, 0.2) is 30.3 Å². The molecule has 2 aromatic rings. The van der Waals surface area contributed by atoms with E-state index in [4.69, 9.17) is 16.3 Å². The van der Waals surface area contributed by atoms with E-state index in [1.165, 1.54) is 0 Å². The number of rotatable bonds is 3. The van der Waals surface area contributed by atoms with Gasteiger partial charge < -0.3 is 9.84 Å². The van der Waals surface area contributed by atoms with Gasteiger partial charge in [0.05, 0.1) is 12.3 Å². The first-order valence-corrected chi connectivity index (χ1v) is 7.23. The number of aromatic nitrogens is 1. The molecule has 0 saturated heterocycles. The Morgan fingerprint density at radius 2 is 1.90 bits per heavy atom. The quantitative estimate of drug-likeness (QED) is 0.899. The summed E-state index contributed by atoms with van der Waals surface area (Å²) >= 11 is 6.01. The molecular weight excluding hydrogens is 286 g/mol. The maximum atomic E-state index is 9.41. The Bertz CT molecular complexity index is 648. The number of hydrogen-bond acceptors (Lipinski definition) is 3. The van der Waals surface area contributed by atoms with Crippen LogP contribution in [0.4, 0.5) is 0 Å². The minimum atomic E-state index is -0.118. The van der Waals surface area contributed by atoms with Crippen molar-refractivity contribution in [1.82, 2.24) is 4.98 Å². The molecule has 2 rings (SSSR count). The number of aryl methyl sites for hydroxylation is 1. The van der Waals surface area contributed by atoms with Gasteiger partial charge in [-0.2, -0.15) is 0 Å². The lowest BCUT2D eigenvalue weighted by Crippen LogP contribution is -2.14. The highest BCUT2D eigenvalue weighted by Gasteiger charge is 2.18. The third-order valence-electron chi connectivity index (χ3n) is 3.18. The maximum absolute atomic E-state index is 9.41. The van der Waals surface area contributed by atoms with E-state index in [2.05, 4.69) is 25.8 Å². The molecule has 3 nitrogen and oxygen atoms in total.